The van der Waals surface area contributed by atoms with Crippen molar-refractivity contribution in [3.05, 3.63) is 63.7 Å². The van der Waals surface area contributed by atoms with Crippen LogP contribution in [0.15, 0.2) is 36.4 Å². The van der Waals surface area contributed by atoms with E-state index in [4.69, 9.17) is 0 Å². The molecule has 1 aliphatic heterocycles. The first-order valence-corrected chi connectivity index (χ1v) is 8.65. The number of nitrogens with zero attached hydrogens (tertiary/aromatic N) is 2. The number of carbonyl (C=O) groups is 1. The number of nitro benzene ring substituents is 1. The van der Waals surface area contributed by atoms with Gasteiger partial charge in [0.1, 0.15) is 17.3 Å². The Morgan fingerprint density at radius 3 is 2.56 bits per heavy atom. The second kappa shape index (κ2) is 7.69. The molecule has 1 saturated heterocycles. The molecule has 1 fully saturated rings. The van der Waals surface area contributed by atoms with Crippen LogP contribution in [0.25, 0.3) is 0 Å². The lowest BCUT2D eigenvalue weighted by molar-refractivity contribution is -0.384. The van der Waals surface area contributed by atoms with Crippen molar-refractivity contribution in [2.45, 2.75) is 19.8 Å². The monoisotopic (exact) mass is 375 g/mol. The highest BCUT2D eigenvalue weighted by molar-refractivity contribution is 6.05. The Balaban J connectivity index is 1.86. The standard InChI is InChI=1S/C19H19F2N3O3/c1-12-6-8-23(9-7-12)17-5-2-13(10-18(17)24(26)27)19(25)22-16-11-14(20)3-4-15(16)21/h2-5,10-12H,6-9H2,1H3,(H,22,25). The van der Waals surface area contributed by atoms with Gasteiger partial charge in [-0.15, -0.1) is 0 Å². The second-order valence-corrected chi connectivity index (χ2v) is 6.71. The van der Waals surface area contributed by atoms with Gasteiger partial charge in [-0.1, -0.05) is 6.92 Å². The first kappa shape index (κ1) is 18.8. The van der Waals surface area contributed by atoms with Gasteiger partial charge in [0.05, 0.1) is 10.6 Å². The minimum absolute atomic E-state index is 0.000473. The van der Waals surface area contributed by atoms with E-state index in [0.29, 0.717) is 24.7 Å². The summed E-state index contributed by atoms with van der Waals surface area (Å²) in [5.41, 5.74) is -0.0476. The third-order valence-corrected chi connectivity index (χ3v) is 4.74. The smallest absolute Gasteiger partial charge is 0.293 e. The molecule has 8 heteroatoms. The Kier molecular flexibility index (Phi) is 5.34. The number of nitrogens with one attached hydrogen (secondary N) is 1. The maximum atomic E-state index is 13.7. The molecule has 0 atom stereocenters. The van der Waals surface area contributed by atoms with Gasteiger partial charge in [-0.05, 0) is 43.0 Å². The molecule has 3 rings (SSSR count). The molecule has 0 aromatic heterocycles. The fourth-order valence-electron chi connectivity index (χ4n) is 3.12. The minimum Gasteiger partial charge on any atom is -0.366 e. The van der Waals surface area contributed by atoms with Gasteiger partial charge in [0.25, 0.3) is 11.6 Å². The number of rotatable bonds is 4. The summed E-state index contributed by atoms with van der Waals surface area (Å²) in [6.45, 7) is 3.56. The van der Waals surface area contributed by atoms with E-state index < -0.39 is 22.5 Å². The largest absolute Gasteiger partial charge is 0.366 e. The van der Waals surface area contributed by atoms with Gasteiger partial charge in [0.15, 0.2) is 0 Å². The number of hydrogen-bond acceptors (Lipinski definition) is 4. The molecule has 1 heterocycles. The summed E-state index contributed by atoms with van der Waals surface area (Å²) in [6, 6.07) is 6.83. The van der Waals surface area contributed by atoms with Crippen LogP contribution < -0.4 is 10.2 Å². The highest BCUT2D eigenvalue weighted by Gasteiger charge is 2.25. The van der Waals surface area contributed by atoms with Crippen LogP contribution >= 0.6 is 0 Å². The molecule has 142 valence electrons. The molecular weight excluding hydrogens is 356 g/mol. The van der Waals surface area contributed by atoms with Crippen LogP contribution in [0.2, 0.25) is 0 Å². The van der Waals surface area contributed by atoms with Crippen molar-refractivity contribution in [2.75, 3.05) is 23.3 Å². The first-order chi connectivity index (χ1) is 12.8. The molecule has 1 amide bonds. The summed E-state index contributed by atoms with van der Waals surface area (Å²) in [4.78, 5) is 25.2. The number of amides is 1. The average molecular weight is 375 g/mol. The molecule has 6 nitrogen and oxygen atoms in total. The summed E-state index contributed by atoms with van der Waals surface area (Å²) in [7, 11) is 0. The summed E-state index contributed by atoms with van der Waals surface area (Å²) in [5.74, 6) is -1.67. The highest BCUT2D eigenvalue weighted by Crippen LogP contribution is 2.32. The number of carbonyl (C=O) groups excluding carboxylic acids is 1. The van der Waals surface area contributed by atoms with Gasteiger partial charge < -0.3 is 10.2 Å². The molecule has 0 radical (unpaired) electrons. The third kappa shape index (κ3) is 4.21. The van der Waals surface area contributed by atoms with Crippen LogP contribution in [0, 0.1) is 27.7 Å². The molecule has 1 N–H and O–H groups in total. The van der Waals surface area contributed by atoms with E-state index in [1.807, 2.05) is 4.90 Å². The SMILES string of the molecule is CC1CCN(c2ccc(C(=O)Nc3cc(F)ccc3F)cc2[N+](=O)[O-])CC1. The zero-order chi connectivity index (χ0) is 19.6. The predicted molar refractivity (Wildman–Crippen MR) is 98.0 cm³/mol. The van der Waals surface area contributed by atoms with Gasteiger partial charge >= 0.3 is 0 Å². The van der Waals surface area contributed by atoms with Crippen molar-refractivity contribution in [2.24, 2.45) is 5.92 Å². The lowest BCUT2D eigenvalue weighted by Gasteiger charge is -2.31. The predicted octanol–water partition coefficient (Wildman–Crippen LogP) is 4.36. The average Bonchev–Trinajstić information content (AvgIpc) is 2.65. The fourth-order valence-corrected chi connectivity index (χ4v) is 3.12. The van der Waals surface area contributed by atoms with Gasteiger partial charge in [-0.2, -0.15) is 0 Å². The zero-order valence-electron chi connectivity index (χ0n) is 14.7. The van der Waals surface area contributed by atoms with Crippen LogP contribution in [0.3, 0.4) is 0 Å². The molecule has 0 unspecified atom stereocenters. The van der Waals surface area contributed by atoms with Crippen molar-refractivity contribution in [1.29, 1.82) is 0 Å². The molecular formula is C19H19F2N3O3. The highest BCUT2D eigenvalue weighted by atomic mass is 19.1. The summed E-state index contributed by atoms with van der Waals surface area (Å²) < 4.78 is 26.9. The Bertz CT molecular complexity index is 880. The Hall–Kier alpha value is -3.03. The molecule has 0 spiro atoms. The van der Waals surface area contributed by atoms with Crippen LogP contribution in [0.1, 0.15) is 30.1 Å². The summed E-state index contributed by atoms with van der Waals surface area (Å²) in [5, 5.41) is 13.7. The Morgan fingerprint density at radius 1 is 1.19 bits per heavy atom. The molecule has 2 aromatic rings. The van der Waals surface area contributed by atoms with Crippen LogP contribution in [-0.4, -0.2) is 23.9 Å². The van der Waals surface area contributed by atoms with Crippen LogP contribution in [-0.2, 0) is 0 Å². The fraction of sp³-hybridized carbons (Fsp3) is 0.316. The van der Waals surface area contributed by atoms with Crippen molar-refractivity contribution < 1.29 is 18.5 Å². The maximum absolute atomic E-state index is 13.7. The van der Waals surface area contributed by atoms with E-state index in [9.17, 15) is 23.7 Å². The number of nitro groups is 1. The topological polar surface area (TPSA) is 75.5 Å². The third-order valence-electron chi connectivity index (χ3n) is 4.74. The molecule has 0 saturated carbocycles. The normalized spacial score (nSPS) is 14.9. The molecule has 1 aliphatic rings. The number of hydrogen-bond donors (Lipinski definition) is 1. The van der Waals surface area contributed by atoms with E-state index in [-0.39, 0.29) is 16.9 Å². The van der Waals surface area contributed by atoms with Gasteiger partial charge in [0, 0.05) is 30.8 Å². The molecule has 2 aromatic carbocycles. The first-order valence-electron chi connectivity index (χ1n) is 8.65. The van der Waals surface area contributed by atoms with Gasteiger partial charge in [0.2, 0.25) is 0 Å². The van der Waals surface area contributed by atoms with Crippen LogP contribution in [0.4, 0.5) is 25.8 Å². The quantitative estimate of drug-likeness (QED) is 0.636. The van der Waals surface area contributed by atoms with Crippen molar-refractivity contribution in [1.82, 2.24) is 0 Å². The maximum Gasteiger partial charge on any atom is 0.293 e. The van der Waals surface area contributed by atoms with E-state index in [1.165, 1.54) is 18.2 Å². The molecule has 0 aliphatic carbocycles. The van der Waals surface area contributed by atoms with E-state index in [2.05, 4.69) is 12.2 Å². The number of benzene rings is 2. The van der Waals surface area contributed by atoms with E-state index in [1.54, 1.807) is 0 Å². The Labute approximate surface area is 154 Å². The zero-order valence-corrected chi connectivity index (χ0v) is 14.7. The number of piperidine rings is 1. The van der Waals surface area contributed by atoms with Crippen molar-refractivity contribution >= 4 is 23.0 Å². The number of anilines is 2. The van der Waals surface area contributed by atoms with Crippen molar-refractivity contribution in [3.63, 3.8) is 0 Å². The van der Waals surface area contributed by atoms with Gasteiger partial charge in [-0.25, -0.2) is 8.78 Å². The van der Waals surface area contributed by atoms with Crippen molar-refractivity contribution in [3.8, 4) is 0 Å². The minimum atomic E-state index is -0.793. The van der Waals surface area contributed by atoms with E-state index >= 15 is 0 Å². The van der Waals surface area contributed by atoms with E-state index in [0.717, 1.165) is 31.0 Å². The molecule has 0 bridgehead atoms. The lowest BCUT2D eigenvalue weighted by Crippen LogP contribution is -2.33. The second-order valence-electron chi connectivity index (χ2n) is 6.71. The summed E-state index contributed by atoms with van der Waals surface area (Å²) >= 11 is 0. The lowest BCUT2D eigenvalue weighted by atomic mass is 9.98. The molecule has 27 heavy (non-hydrogen) atoms. The number of halogens is 2. The van der Waals surface area contributed by atoms with Gasteiger partial charge in [-0.3, -0.25) is 14.9 Å². The summed E-state index contributed by atoms with van der Waals surface area (Å²) in [6.07, 6.45) is 1.89. The van der Waals surface area contributed by atoms with Crippen LogP contribution in [0.5, 0.6) is 0 Å². The Morgan fingerprint density at radius 2 is 1.89 bits per heavy atom.